The number of nitrogens with zero attached hydrogens (tertiary/aromatic N) is 2. The molecule has 1 saturated heterocycles. The highest BCUT2D eigenvalue weighted by molar-refractivity contribution is 5.92. The zero-order valence-corrected chi connectivity index (χ0v) is 10.0. The minimum atomic E-state index is 0.381. The predicted octanol–water partition coefficient (Wildman–Crippen LogP) is 1.60. The van der Waals surface area contributed by atoms with Crippen molar-refractivity contribution in [2.24, 2.45) is 0 Å². The maximum atomic E-state index is 9.19. The van der Waals surface area contributed by atoms with Crippen LogP contribution < -0.4 is 10.6 Å². The Labute approximate surface area is 105 Å². The van der Waals surface area contributed by atoms with Crippen LogP contribution in [0.4, 0.5) is 5.69 Å². The molecule has 2 aromatic rings. The van der Waals surface area contributed by atoms with Crippen molar-refractivity contribution >= 4 is 16.7 Å². The summed E-state index contributed by atoms with van der Waals surface area (Å²) < 4.78 is 0. The topological polar surface area (TPSA) is 76.5 Å². The zero-order valence-electron chi connectivity index (χ0n) is 10.0. The van der Waals surface area contributed by atoms with Gasteiger partial charge in [0.05, 0.1) is 11.3 Å². The van der Waals surface area contributed by atoms with Crippen LogP contribution in [-0.2, 0) is 0 Å². The predicted molar refractivity (Wildman–Crippen MR) is 70.3 cm³/mol. The molecule has 0 unspecified atom stereocenters. The number of aromatic nitrogens is 2. The number of fused-ring (bicyclic) bond motifs is 1. The Morgan fingerprint density at radius 3 is 3.22 bits per heavy atom. The van der Waals surface area contributed by atoms with E-state index < -0.39 is 0 Å². The molecule has 2 aromatic heterocycles. The van der Waals surface area contributed by atoms with Crippen LogP contribution in [0.1, 0.15) is 18.4 Å². The van der Waals surface area contributed by atoms with Gasteiger partial charge in [0.25, 0.3) is 0 Å². The summed E-state index contributed by atoms with van der Waals surface area (Å²) in [5.41, 5.74) is 2.32. The maximum Gasteiger partial charge on any atom is 0.139 e. The number of hydrogen-bond acceptors (Lipinski definition) is 4. The normalized spacial score (nSPS) is 19.6. The Hall–Kier alpha value is -2.06. The summed E-state index contributed by atoms with van der Waals surface area (Å²) in [6.07, 6.45) is 5.77. The van der Waals surface area contributed by atoms with Crippen LogP contribution in [0, 0.1) is 11.3 Å². The van der Waals surface area contributed by atoms with E-state index in [-0.39, 0.29) is 0 Å². The summed E-state index contributed by atoms with van der Waals surface area (Å²) in [7, 11) is 0. The summed E-state index contributed by atoms with van der Waals surface area (Å²) in [4.78, 5) is 7.30. The first kappa shape index (κ1) is 11.1. The summed E-state index contributed by atoms with van der Waals surface area (Å²) in [6.45, 7) is 2.03. The molecule has 1 fully saturated rings. The molecule has 3 rings (SSSR count). The van der Waals surface area contributed by atoms with Crippen LogP contribution >= 0.6 is 0 Å². The Morgan fingerprint density at radius 2 is 2.44 bits per heavy atom. The van der Waals surface area contributed by atoms with E-state index in [1.54, 1.807) is 6.20 Å². The van der Waals surface area contributed by atoms with E-state index >= 15 is 0 Å². The number of hydrogen-bond donors (Lipinski definition) is 3. The molecule has 0 radical (unpaired) electrons. The summed E-state index contributed by atoms with van der Waals surface area (Å²) in [6, 6.07) is 4.55. The van der Waals surface area contributed by atoms with Crippen molar-refractivity contribution in [3.05, 3.63) is 24.0 Å². The number of piperidine rings is 1. The van der Waals surface area contributed by atoms with Crippen molar-refractivity contribution in [2.75, 3.05) is 18.4 Å². The Bertz CT molecular complexity index is 589. The molecular formula is C13H15N5. The van der Waals surface area contributed by atoms with Gasteiger partial charge in [-0.3, -0.25) is 0 Å². The van der Waals surface area contributed by atoms with E-state index in [1.807, 2.05) is 12.3 Å². The number of rotatable bonds is 2. The molecule has 1 atom stereocenters. The highest BCUT2D eigenvalue weighted by Crippen LogP contribution is 2.26. The molecule has 5 heteroatoms. The Balaban J connectivity index is 1.97. The molecular weight excluding hydrogens is 226 g/mol. The third kappa shape index (κ3) is 1.91. The summed E-state index contributed by atoms with van der Waals surface area (Å²) in [5.74, 6) is 0. The summed E-state index contributed by atoms with van der Waals surface area (Å²) in [5, 5.41) is 17.0. The van der Waals surface area contributed by atoms with Crippen LogP contribution in [0.5, 0.6) is 0 Å². The lowest BCUT2D eigenvalue weighted by Crippen LogP contribution is -2.38. The van der Waals surface area contributed by atoms with Crippen molar-refractivity contribution in [1.29, 1.82) is 5.26 Å². The van der Waals surface area contributed by atoms with E-state index in [1.165, 1.54) is 6.42 Å². The zero-order chi connectivity index (χ0) is 12.4. The first-order valence-electron chi connectivity index (χ1n) is 6.22. The fraction of sp³-hybridized carbons (Fsp3) is 0.385. The van der Waals surface area contributed by atoms with E-state index in [0.29, 0.717) is 11.6 Å². The Morgan fingerprint density at radius 1 is 1.50 bits per heavy atom. The molecule has 5 nitrogen and oxygen atoms in total. The van der Waals surface area contributed by atoms with Crippen molar-refractivity contribution in [2.45, 2.75) is 18.9 Å². The number of pyridine rings is 1. The molecule has 3 heterocycles. The highest BCUT2D eigenvalue weighted by atomic mass is 15.0. The SMILES string of the molecule is N#Cc1cnc2[nH]ccc2c1N[C@@H]1CCCNC1. The molecule has 0 spiro atoms. The van der Waals surface area contributed by atoms with Crippen LogP contribution in [-0.4, -0.2) is 29.1 Å². The van der Waals surface area contributed by atoms with Gasteiger partial charge in [-0.15, -0.1) is 0 Å². The molecule has 0 aliphatic carbocycles. The van der Waals surface area contributed by atoms with Crippen LogP contribution in [0.15, 0.2) is 18.5 Å². The number of aromatic amines is 1. The first-order valence-corrected chi connectivity index (χ1v) is 6.22. The fourth-order valence-electron chi connectivity index (χ4n) is 2.43. The van der Waals surface area contributed by atoms with Gasteiger partial charge in [0.2, 0.25) is 0 Å². The van der Waals surface area contributed by atoms with Crippen molar-refractivity contribution in [3.63, 3.8) is 0 Å². The van der Waals surface area contributed by atoms with Gasteiger partial charge in [0, 0.05) is 30.4 Å². The molecule has 0 aromatic carbocycles. The van der Waals surface area contributed by atoms with Gasteiger partial charge < -0.3 is 15.6 Å². The largest absolute Gasteiger partial charge is 0.379 e. The molecule has 3 N–H and O–H groups in total. The molecule has 0 bridgehead atoms. The minimum absolute atomic E-state index is 0.381. The average Bonchev–Trinajstić information content (AvgIpc) is 2.89. The number of nitrogens with one attached hydrogen (secondary N) is 3. The number of nitriles is 1. The standard InChI is InChI=1S/C13H15N5/c14-6-9-7-17-13-11(3-5-16-13)12(9)18-10-2-1-4-15-8-10/h3,5,7,10,15H,1-2,4,8H2,(H2,16,17,18)/t10-/m1/s1. The van der Waals surface area contributed by atoms with Gasteiger partial charge >= 0.3 is 0 Å². The van der Waals surface area contributed by atoms with E-state index in [9.17, 15) is 5.26 Å². The third-order valence-corrected chi connectivity index (χ3v) is 3.35. The molecule has 1 aliphatic heterocycles. The van der Waals surface area contributed by atoms with E-state index in [2.05, 4.69) is 26.7 Å². The number of anilines is 1. The lowest BCUT2D eigenvalue weighted by atomic mass is 10.1. The molecule has 1 aliphatic rings. The van der Waals surface area contributed by atoms with Crippen LogP contribution in [0.2, 0.25) is 0 Å². The second-order valence-electron chi connectivity index (χ2n) is 4.59. The second kappa shape index (κ2) is 4.67. The van der Waals surface area contributed by atoms with Crippen molar-refractivity contribution in [1.82, 2.24) is 15.3 Å². The first-order chi connectivity index (χ1) is 8.88. The molecule has 18 heavy (non-hydrogen) atoms. The van der Waals surface area contributed by atoms with Gasteiger partial charge in [0.15, 0.2) is 0 Å². The van der Waals surface area contributed by atoms with Gasteiger partial charge in [0.1, 0.15) is 11.7 Å². The average molecular weight is 241 g/mol. The lowest BCUT2D eigenvalue weighted by molar-refractivity contribution is 0.480. The Kier molecular flexibility index (Phi) is 2.87. The fourth-order valence-corrected chi connectivity index (χ4v) is 2.43. The monoisotopic (exact) mass is 241 g/mol. The minimum Gasteiger partial charge on any atom is -0.379 e. The second-order valence-corrected chi connectivity index (χ2v) is 4.59. The van der Waals surface area contributed by atoms with E-state index in [4.69, 9.17) is 0 Å². The van der Waals surface area contributed by atoms with Crippen LogP contribution in [0.3, 0.4) is 0 Å². The molecule has 92 valence electrons. The van der Waals surface area contributed by atoms with E-state index in [0.717, 1.165) is 36.2 Å². The summed E-state index contributed by atoms with van der Waals surface area (Å²) >= 11 is 0. The quantitative estimate of drug-likeness (QED) is 0.746. The number of H-pyrrole nitrogens is 1. The van der Waals surface area contributed by atoms with Gasteiger partial charge in [-0.25, -0.2) is 4.98 Å². The molecule has 0 saturated carbocycles. The maximum absolute atomic E-state index is 9.19. The van der Waals surface area contributed by atoms with Crippen molar-refractivity contribution in [3.8, 4) is 6.07 Å². The highest BCUT2D eigenvalue weighted by Gasteiger charge is 2.16. The molecule has 0 amide bonds. The van der Waals surface area contributed by atoms with Crippen LogP contribution in [0.25, 0.3) is 11.0 Å². The van der Waals surface area contributed by atoms with Gasteiger partial charge in [-0.2, -0.15) is 5.26 Å². The van der Waals surface area contributed by atoms with Gasteiger partial charge in [-0.05, 0) is 25.5 Å². The van der Waals surface area contributed by atoms with Crippen molar-refractivity contribution < 1.29 is 0 Å². The third-order valence-electron chi connectivity index (χ3n) is 3.35. The smallest absolute Gasteiger partial charge is 0.139 e. The van der Waals surface area contributed by atoms with Gasteiger partial charge in [-0.1, -0.05) is 0 Å². The lowest BCUT2D eigenvalue weighted by Gasteiger charge is -2.25.